The summed E-state index contributed by atoms with van der Waals surface area (Å²) < 4.78 is 33.2. The van der Waals surface area contributed by atoms with Gasteiger partial charge in [0.15, 0.2) is 0 Å². The van der Waals surface area contributed by atoms with Gasteiger partial charge in [-0.05, 0) is 86.2 Å². The fourth-order valence-electron chi connectivity index (χ4n) is 4.99. The van der Waals surface area contributed by atoms with E-state index in [9.17, 15) is 28.3 Å². The maximum Gasteiger partial charge on any atom is 0.253 e. The van der Waals surface area contributed by atoms with E-state index in [1.54, 1.807) is 43.0 Å². The van der Waals surface area contributed by atoms with Crippen LogP contribution in [-0.4, -0.2) is 53.0 Å². The molecule has 43 heavy (non-hydrogen) atoms. The fraction of sp³-hybridized carbons (Fsp3) is 0.424. The number of aliphatic hydroxyl groups is 1. The molecule has 0 fully saturated rings. The zero-order chi connectivity index (χ0) is 31.5. The number of hydrogen-bond donors (Lipinski definition) is 3. The van der Waals surface area contributed by atoms with Crippen LogP contribution in [0.2, 0.25) is 0 Å². The molecule has 0 bridgehead atoms. The summed E-state index contributed by atoms with van der Waals surface area (Å²) in [5.41, 5.74) is 1.52. The largest absolute Gasteiger partial charge is 0.467 e. The van der Waals surface area contributed by atoms with Crippen molar-refractivity contribution in [1.82, 2.24) is 15.5 Å². The van der Waals surface area contributed by atoms with E-state index < -0.39 is 35.6 Å². The van der Waals surface area contributed by atoms with Gasteiger partial charge < -0.3 is 25.1 Å². The van der Waals surface area contributed by atoms with Crippen LogP contribution >= 0.6 is 0 Å². The standard InChI is InChI=1S/C33H41F2N3O5/c1-5-9-38(10-6-2)33(42)25-13-21(3)12-24(18-25)32(41)37-29(17-23-15-26(34)19-27(35)16-23)30(39)14-22(4)31(40)36-20-28-8-7-11-43-28/h7-8,11-13,15-16,18-19,22,29-30,39H,5-6,9-10,14,17,20H2,1-4H3,(H,36,40)(H,37,41)/t22-,29+,30+/m1/s1. The first-order chi connectivity index (χ1) is 20.5. The van der Waals surface area contributed by atoms with Gasteiger partial charge in [0, 0.05) is 36.2 Å². The Kier molecular flexibility index (Phi) is 12.4. The lowest BCUT2D eigenvalue weighted by Crippen LogP contribution is -2.46. The third-order valence-corrected chi connectivity index (χ3v) is 7.08. The Morgan fingerprint density at radius 2 is 1.63 bits per heavy atom. The van der Waals surface area contributed by atoms with Crippen molar-refractivity contribution in [2.24, 2.45) is 5.92 Å². The molecule has 10 heteroatoms. The summed E-state index contributed by atoms with van der Waals surface area (Å²) in [6.07, 6.45) is 1.72. The van der Waals surface area contributed by atoms with E-state index in [0.717, 1.165) is 31.0 Å². The van der Waals surface area contributed by atoms with E-state index in [-0.39, 0.29) is 42.3 Å². The number of aliphatic hydroxyl groups excluding tert-OH is 1. The number of furan rings is 1. The molecule has 0 radical (unpaired) electrons. The molecule has 3 atom stereocenters. The molecule has 2 aromatic carbocycles. The number of carbonyl (C=O) groups is 3. The van der Waals surface area contributed by atoms with E-state index in [4.69, 9.17) is 4.42 Å². The van der Waals surface area contributed by atoms with Crippen LogP contribution < -0.4 is 10.6 Å². The molecule has 3 aromatic rings. The topological polar surface area (TPSA) is 112 Å². The van der Waals surface area contributed by atoms with Crippen molar-refractivity contribution in [3.05, 3.63) is 94.4 Å². The Balaban J connectivity index is 1.81. The third-order valence-electron chi connectivity index (χ3n) is 7.08. The average molecular weight is 598 g/mol. The maximum absolute atomic E-state index is 14.0. The normalized spacial score (nSPS) is 13.2. The smallest absolute Gasteiger partial charge is 0.253 e. The molecule has 0 aliphatic carbocycles. The summed E-state index contributed by atoms with van der Waals surface area (Å²) in [4.78, 5) is 41.2. The Hall–Kier alpha value is -4.05. The lowest BCUT2D eigenvalue weighted by Gasteiger charge is -2.27. The molecule has 232 valence electrons. The number of rotatable bonds is 15. The zero-order valence-corrected chi connectivity index (χ0v) is 25.2. The van der Waals surface area contributed by atoms with Gasteiger partial charge in [0.05, 0.1) is 25.0 Å². The van der Waals surface area contributed by atoms with Crippen molar-refractivity contribution in [1.29, 1.82) is 0 Å². The van der Waals surface area contributed by atoms with Gasteiger partial charge in [-0.15, -0.1) is 0 Å². The van der Waals surface area contributed by atoms with E-state index in [0.29, 0.717) is 30.0 Å². The molecule has 0 spiro atoms. The Bertz CT molecular complexity index is 1350. The highest BCUT2D eigenvalue weighted by molar-refractivity contribution is 6.00. The maximum atomic E-state index is 14.0. The molecule has 0 unspecified atom stereocenters. The van der Waals surface area contributed by atoms with Gasteiger partial charge in [-0.2, -0.15) is 0 Å². The Labute approximate surface area is 251 Å². The summed E-state index contributed by atoms with van der Waals surface area (Å²) >= 11 is 0. The van der Waals surface area contributed by atoms with Crippen LogP contribution in [0, 0.1) is 24.5 Å². The second kappa shape index (κ2) is 16.0. The number of nitrogens with zero attached hydrogens (tertiary/aromatic N) is 1. The number of aryl methyl sites for hydroxylation is 1. The SMILES string of the molecule is CCCN(CCC)C(=O)c1cc(C)cc(C(=O)N[C@@H](Cc2cc(F)cc(F)c2)[C@@H](O)C[C@@H](C)C(=O)NCc2ccco2)c1. The number of halogens is 2. The van der Waals surface area contributed by atoms with Crippen LogP contribution in [-0.2, 0) is 17.8 Å². The summed E-state index contributed by atoms with van der Waals surface area (Å²) in [7, 11) is 0. The van der Waals surface area contributed by atoms with Crippen LogP contribution in [0.3, 0.4) is 0 Å². The van der Waals surface area contributed by atoms with Crippen LogP contribution in [0.1, 0.15) is 77.6 Å². The van der Waals surface area contributed by atoms with Gasteiger partial charge in [0.1, 0.15) is 17.4 Å². The Morgan fingerprint density at radius 3 is 2.23 bits per heavy atom. The number of amides is 3. The lowest BCUT2D eigenvalue weighted by atomic mass is 9.93. The summed E-state index contributed by atoms with van der Waals surface area (Å²) in [6, 6.07) is 10.3. The van der Waals surface area contributed by atoms with E-state index in [1.807, 2.05) is 13.8 Å². The van der Waals surface area contributed by atoms with Gasteiger partial charge in [0.25, 0.3) is 11.8 Å². The highest BCUT2D eigenvalue weighted by atomic mass is 19.1. The first kappa shape index (κ1) is 33.5. The minimum Gasteiger partial charge on any atom is -0.467 e. The second-order valence-corrected chi connectivity index (χ2v) is 10.9. The monoisotopic (exact) mass is 597 g/mol. The average Bonchev–Trinajstić information content (AvgIpc) is 3.48. The van der Waals surface area contributed by atoms with Crippen LogP contribution in [0.5, 0.6) is 0 Å². The van der Waals surface area contributed by atoms with Crippen LogP contribution in [0.4, 0.5) is 8.78 Å². The first-order valence-corrected chi connectivity index (χ1v) is 14.7. The van der Waals surface area contributed by atoms with Crippen molar-refractivity contribution in [2.45, 2.75) is 72.1 Å². The second-order valence-electron chi connectivity index (χ2n) is 10.9. The molecule has 8 nitrogen and oxygen atoms in total. The van der Waals surface area contributed by atoms with Crippen molar-refractivity contribution in [3.8, 4) is 0 Å². The highest BCUT2D eigenvalue weighted by Crippen LogP contribution is 2.18. The number of carbonyl (C=O) groups excluding carboxylic acids is 3. The van der Waals surface area contributed by atoms with E-state index in [1.165, 1.54) is 12.3 Å². The molecule has 3 N–H and O–H groups in total. The molecule has 1 heterocycles. The summed E-state index contributed by atoms with van der Waals surface area (Å²) in [6.45, 7) is 8.76. The number of nitrogens with one attached hydrogen (secondary N) is 2. The predicted octanol–water partition coefficient (Wildman–Crippen LogP) is 5.17. The quantitative estimate of drug-likeness (QED) is 0.224. The predicted molar refractivity (Wildman–Crippen MR) is 159 cm³/mol. The molecule has 0 aliphatic heterocycles. The van der Waals surface area contributed by atoms with Crippen LogP contribution in [0.15, 0.2) is 59.2 Å². The van der Waals surface area contributed by atoms with Gasteiger partial charge >= 0.3 is 0 Å². The number of hydrogen-bond acceptors (Lipinski definition) is 5. The zero-order valence-electron chi connectivity index (χ0n) is 25.2. The van der Waals surface area contributed by atoms with E-state index >= 15 is 0 Å². The lowest BCUT2D eigenvalue weighted by molar-refractivity contribution is -0.125. The summed E-state index contributed by atoms with van der Waals surface area (Å²) in [5, 5.41) is 16.7. The molecule has 0 saturated carbocycles. The molecule has 3 rings (SSSR count). The van der Waals surface area contributed by atoms with E-state index in [2.05, 4.69) is 10.6 Å². The third kappa shape index (κ3) is 10.0. The van der Waals surface area contributed by atoms with Crippen molar-refractivity contribution in [3.63, 3.8) is 0 Å². The molecular weight excluding hydrogens is 556 g/mol. The minimum absolute atomic E-state index is 0.0344. The fourth-order valence-corrected chi connectivity index (χ4v) is 4.99. The van der Waals surface area contributed by atoms with Gasteiger partial charge in [-0.3, -0.25) is 14.4 Å². The molecular formula is C33H41F2N3O5. The van der Waals surface area contributed by atoms with Crippen LogP contribution in [0.25, 0.3) is 0 Å². The van der Waals surface area contributed by atoms with Gasteiger partial charge in [-0.1, -0.05) is 20.8 Å². The molecule has 0 saturated heterocycles. The molecule has 0 aliphatic rings. The van der Waals surface area contributed by atoms with Crippen molar-refractivity contribution >= 4 is 17.7 Å². The number of benzene rings is 2. The summed E-state index contributed by atoms with van der Waals surface area (Å²) in [5.74, 6) is -2.73. The molecule has 1 aromatic heterocycles. The first-order valence-electron chi connectivity index (χ1n) is 14.7. The van der Waals surface area contributed by atoms with Crippen molar-refractivity contribution < 1.29 is 32.7 Å². The van der Waals surface area contributed by atoms with Gasteiger partial charge in [-0.25, -0.2) is 8.78 Å². The van der Waals surface area contributed by atoms with Gasteiger partial charge in [0.2, 0.25) is 5.91 Å². The minimum atomic E-state index is -1.24. The van der Waals surface area contributed by atoms with Crippen molar-refractivity contribution in [2.75, 3.05) is 13.1 Å². The molecule has 3 amide bonds. The Morgan fingerprint density at radius 1 is 0.977 bits per heavy atom. The highest BCUT2D eigenvalue weighted by Gasteiger charge is 2.27.